The summed E-state index contributed by atoms with van der Waals surface area (Å²) in [5.74, 6) is 0.683. The molecular formula is C10H18. The molecule has 58 valence electrons. The summed E-state index contributed by atoms with van der Waals surface area (Å²) in [4.78, 5) is 0. The van der Waals surface area contributed by atoms with Crippen LogP contribution in [0.5, 0.6) is 0 Å². The number of allylic oxidation sites excluding steroid dienone is 3. The molecule has 0 aliphatic heterocycles. The second-order valence-electron chi connectivity index (χ2n) is 2.52. The molecule has 0 aliphatic carbocycles. The topological polar surface area (TPSA) is 0 Å². The summed E-state index contributed by atoms with van der Waals surface area (Å²) >= 11 is 0. The Morgan fingerprint density at radius 1 is 1.30 bits per heavy atom. The summed E-state index contributed by atoms with van der Waals surface area (Å²) in [7, 11) is 0. The molecule has 0 aliphatic rings. The van der Waals surface area contributed by atoms with E-state index in [2.05, 4.69) is 32.6 Å². The fraction of sp³-hybridized carbons (Fsp3) is 0.600. The second-order valence-corrected chi connectivity index (χ2v) is 2.52. The fourth-order valence-corrected chi connectivity index (χ4v) is 0.867. The van der Waals surface area contributed by atoms with Gasteiger partial charge in [-0.25, -0.2) is 0 Å². The lowest BCUT2D eigenvalue weighted by atomic mass is 10.0. The van der Waals surface area contributed by atoms with Gasteiger partial charge < -0.3 is 0 Å². The zero-order valence-electron chi connectivity index (χ0n) is 7.14. The van der Waals surface area contributed by atoms with Gasteiger partial charge >= 0.3 is 0 Å². The van der Waals surface area contributed by atoms with Crippen LogP contribution in [0, 0.1) is 5.92 Å². The molecule has 10 heavy (non-hydrogen) atoms. The molecular weight excluding hydrogens is 120 g/mol. The highest BCUT2D eigenvalue weighted by molar-refractivity contribution is 4.88. The Hall–Kier alpha value is -0.520. The smallest absolute Gasteiger partial charge is 0.0204 e. The molecule has 0 heteroatoms. The first kappa shape index (κ1) is 9.48. The molecule has 0 amide bonds. The molecule has 0 saturated heterocycles. The lowest BCUT2D eigenvalue weighted by Gasteiger charge is -2.03. The van der Waals surface area contributed by atoms with Crippen LogP contribution in [-0.2, 0) is 0 Å². The third kappa shape index (κ3) is 4.37. The zero-order valence-corrected chi connectivity index (χ0v) is 7.14. The van der Waals surface area contributed by atoms with Gasteiger partial charge in [0, 0.05) is 0 Å². The van der Waals surface area contributed by atoms with Crippen LogP contribution in [0.1, 0.15) is 33.1 Å². The summed E-state index contributed by atoms with van der Waals surface area (Å²) in [6, 6.07) is 0. The molecule has 0 bridgehead atoms. The maximum atomic E-state index is 3.78. The number of hydrogen-bond acceptors (Lipinski definition) is 0. The van der Waals surface area contributed by atoms with Crippen LogP contribution in [0.2, 0.25) is 0 Å². The molecule has 0 saturated carbocycles. The van der Waals surface area contributed by atoms with Crippen molar-refractivity contribution in [1.29, 1.82) is 0 Å². The van der Waals surface area contributed by atoms with E-state index in [1.165, 1.54) is 6.42 Å². The number of hydrogen-bond donors (Lipinski definition) is 0. The maximum Gasteiger partial charge on any atom is -0.0204 e. The van der Waals surface area contributed by atoms with Gasteiger partial charge in [0.2, 0.25) is 0 Å². The van der Waals surface area contributed by atoms with Crippen molar-refractivity contribution in [2.45, 2.75) is 33.1 Å². The molecule has 0 spiro atoms. The van der Waals surface area contributed by atoms with Gasteiger partial charge in [0.1, 0.15) is 0 Å². The fourth-order valence-electron chi connectivity index (χ4n) is 0.867. The van der Waals surface area contributed by atoms with E-state index in [1.807, 2.05) is 6.08 Å². The van der Waals surface area contributed by atoms with Crippen LogP contribution in [0.3, 0.4) is 0 Å². The van der Waals surface area contributed by atoms with E-state index in [0.29, 0.717) is 5.92 Å². The van der Waals surface area contributed by atoms with Gasteiger partial charge in [-0.05, 0) is 25.2 Å². The van der Waals surface area contributed by atoms with Gasteiger partial charge in [-0.3, -0.25) is 0 Å². The van der Waals surface area contributed by atoms with E-state index >= 15 is 0 Å². The van der Waals surface area contributed by atoms with Gasteiger partial charge in [-0.15, -0.1) is 6.58 Å². The predicted octanol–water partition coefficient (Wildman–Crippen LogP) is 3.55. The standard InChI is InChI=1S/C10H18/c1-4-7-8-9-10(5-2)6-3/h5,7-8,10H,2,4,6,9H2,1,3H3/b8-7+. The summed E-state index contributed by atoms with van der Waals surface area (Å²) in [5, 5.41) is 0. The number of rotatable bonds is 5. The summed E-state index contributed by atoms with van der Waals surface area (Å²) in [6.45, 7) is 8.14. The van der Waals surface area contributed by atoms with Crippen molar-refractivity contribution in [1.82, 2.24) is 0 Å². The van der Waals surface area contributed by atoms with Crippen molar-refractivity contribution in [2.24, 2.45) is 5.92 Å². The molecule has 0 N–H and O–H groups in total. The van der Waals surface area contributed by atoms with Gasteiger partial charge in [0.05, 0.1) is 0 Å². The minimum atomic E-state index is 0.683. The molecule has 0 aromatic rings. The highest BCUT2D eigenvalue weighted by Crippen LogP contribution is 2.09. The first-order valence-corrected chi connectivity index (χ1v) is 4.12. The quantitative estimate of drug-likeness (QED) is 0.510. The average Bonchev–Trinajstić information content (AvgIpc) is 1.99. The van der Waals surface area contributed by atoms with Crippen molar-refractivity contribution < 1.29 is 0 Å². The molecule has 1 atom stereocenters. The maximum absolute atomic E-state index is 3.78. The highest BCUT2D eigenvalue weighted by Gasteiger charge is 1.95. The third-order valence-corrected chi connectivity index (χ3v) is 1.70. The van der Waals surface area contributed by atoms with E-state index in [9.17, 15) is 0 Å². The summed E-state index contributed by atoms with van der Waals surface area (Å²) < 4.78 is 0. The Morgan fingerprint density at radius 2 is 2.00 bits per heavy atom. The Labute approximate surface area is 64.6 Å². The average molecular weight is 138 g/mol. The van der Waals surface area contributed by atoms with Gasteiger partial charge in [-0.1, -0.05) is 32.1 Å². The van der Waals surface area contributed by atoms with Crippen molar-refractivity contribution in [3.63, 3.8) is 0 Å². The summed E-state index contributed by atoms with van der Waals surface area (Å²) in [6.07, 6.45) is 10.0. The van der Waals surface area contributed by atoms with Crippen LogP contribution in [0.25, 0.3) is 0 Å². The monoisotopic (exact) mass is 138 g/mol. The Morgan fingerprint density at radius 3 is 2.40 bits per heavy atom. The molecule has 0 aromatic carbocycles. The lowest BCUT2D eigenvalue weighted by molar-refractivity contribution is 0.639. The van der Waals surface area contributed by atoms with Crippen molar-refractivity contribution in [3.05, 3.63) is 24.8 Å². The Bertz CT molecular complexity index is 101. The zero-order chi connectivity index (χ0) is 7.82. The van der Waals surface area contributed by atoms with Crippen molar-refractivity contribution in [2.75, 3.05) is 0 Å². The third-order valence-electron chi connectivity index (χ3n) is 1.70. The molecule has 0 aromatic heterocycles. The molecule has 1 unspecified atom stereocenters. The Kier molecular flexibility index (Phi) is 6.25. The van der Waals surface area contributed by atoms with Gasteiger partial charge in [0.25, 0.3) is 0 Å². The minimum absolute atomic E-state index is 0.683. The normalized spacial score (nSPS) is 13.8. The molecule has 0 heterocycles. The van der Waals surface area contributed by atoms with Crippen LogP contribution in [0.15, 0.2) is 24.8 Å². The lowest BCUT2D eigenvalue weighted by Crippen LogP contribution is -1.89. The minimum Gasteiger partial charge on any atom is -0.103 e. The predicted molar refractivity (Wildman–Crippen MR) is 48.0 cm³/mol. The second kappa shape index (κ2) is 6.60. The van der Waals surface area contributed by atoms with E-state index in [1.54, 1.807) is 0 Å². The van der Waals surface area contributed by atoms with Crippen molar-refractivity contribution >= 4 is 0 Å². The largest absolute Gasteiger partial charge is 0.103 e. The van der Waals surface area contributed by atoms with Crippen LogP contribution in [-0.4, -0.2) is 0 Å². The van der Waals surface area contributed by atoms with E-state index in [0.717, 1.165) is 12.8 Å². The molecule has 0 rings (SSSR count). The van der Waals surface area contributed by atoms with E-state index in [4.69, 9.17) is 0 Å². The summed E-state index contributed by atoms with van der Waals surface area (Å²) in [5.41, 5.74) is 0. The van der Waals surface area contributed by atoms with Crippen LogP contribution >= 0.6 is 0 Å². The molecule has 0 nitrogen and oxygen atoms in total. The van der Waals surface area contributed by atoms with Gasteiger partial charge in [-0.2, -0.15) is 0 Å². The van der Waals surface area contributed by atoms with E-state index in [-0.39, 0.29) is 0 Å². The van der Waals surface area contributed by atoms with Gasteiger partial charge in [0.15, 0.2) is 0 Å². The van der Waals surface area contributed by atoms with Crippen LogP contribution in [0.4, 0.5) is 0 Å². The Balaban J connectivity index is 3.43. The van der Waals surface area contributed by atoms with Crippen LogP contribution < -0.4 is 0 Å². The first-order chi connectivity index (χ1) is 4.85. The highest BCUT2D eigenvalue weighted by atomic mass is 14.0. The van der Waals surface area contributed by atoms with Crippen molar-refractivity contribution in [3.8, 4) is 0 Å². The SMILES string of the molecule is C=CC(CC)C/C=C/CC. The first-order valence-electron chi connectivity index (χ1n) is 4.12. The van der Waals surface area contributed by atoms with E-state index < -0.39 is 0 Å². The molecule has 0 fully saturated rings. The molecule has 0 radical (unpaired) electrons.